The van der Waals surface area contributed by atoms with Gasteiger partial charge in [-0.1, -0.05) is 20.8 Å². The molecule has 3 rings (SSSR count). The summed E-state index contributed by atoms with van der Waals surface area (Å²) in [5.41, 5.74) is 3.81. The van der Waals surface area contributed by atoms with E-state index in [4.69, 9.17) is 4.98 Å². The first-order valence-corrected chi connectivity index (χ1v) is 8.46. The van der Waals surface area contributed by atoms with Crippen LogP contribution in [-0.4, -0.2) is 16.5 Å². The Morgan fingerprint density at radius 1 is 1.43 bits per heavy atom. The number of fused-ring (bicyclic) bond motifs is 1. The Morgan fingerprint density at radius 3 is 2.95 bits per heavy atom. The monoisotopic (exact) mass is 301 g/mol. The number of hydrogen-bond acceptors (Lipinski definition) is 4. The summed E-state index contributed by atoms with van der Waals surface area (Å²) in [5.74, 6) is 0. The van der Waals surface area contributed by atoms with E-state index in [-0.39, 0.29) is 0 Å². The highest BCUT2D eigenvalue weighted by Gasteiger charge is 2.34. The lowest BCUT2D eigenvalue weighted by Crippen LogP contribution is -2.32. The molecule has 0 spiro atoms. The highest BCUT2D eigenvalue weighted by Crippen LogP contribution is 2.44. The smallest absolute Gasteiger partial charge is 0.142 e. The van der Waals surface area contributed by atoms with E-state index in [1.165, 1.54) is 22.6 Å². The molecule has 1 unspecified atom stereocenters. The summed E-state index contributed by atoms with van der Waals surface area (Å²) in [6.07, 6.45) is 4.11. The average Bonchev–Trinajstić information content (AvgIpc) is 2.81. The van der Waals surface area contributed by atoms with E-state index in [1.54, 1.807) is 0 Å². The molecule has 0 radical (unpaired) electrons. The van der Waals surface area contributed by atoms with Crippen LogP contribution >= 0.6 is 11.3 Å². The summed E-state index contributed by atoms with van der Waals surface area (Å²) in [6, 6.07) is 4.59. The standard InChI is InChI=1S/C17H23N3S/c1-5-18-13-9-17(3,4)10-14-15(13)21-16(20-14)12-8-11(2)6-7-19-12/h6-8,13,18H,5,9-10H2,1-4H3. The Bertz CT molecular complexity index is 645. The minimum atomic E-state index is 0.311. The summed E-state index contributed by atoms with van der Waals surface area (Å²) < 4.78 is 0. The van der Waals surface area contributed by atoms with Gasteiger partial charge in [0.2, 0.25) is 0 Å². The molecule has 2 heterocycles. The number of nitrogens with zero attached hydrogens (tertiary/aromatic N) is 2. The molecule has 21 heavy (non-hydrogen) atoms. The summed E-state index contributed by atoms with van der Waals surface area (Å²) in [7, 11) is 0. The molecule has 3 nitrogen and oxygen atoms in total. The van der Waals surface area contributed by atoms with Crippen molar-refractivity contribution in [3.05, 3.63) is 34.5 Å². The van der Waals surface area contributed by atoms with Crippen molar-refractivity contribution in [2.75, 3.05) is 6.54 Å². The normalized spacial score (nSPS) is 20.3. The third-order valence-electron chi connectivity index (χ3n) is 4.03. The Hall–Kier alpha value is -1.26. The van der Waals surface area contributed by atoms with Gasteiger partial charge in [-0.25, -0.2) is 4.98 Å². The quantitative estimate of drug-likeness (QED) is 0.926. The summed E-state index contributed by atoms with van der Waals surface area (Å²) in [5, 5.41) is 4.68. The van der Waals surface area contributed by atoms with Crippen LogP contribution < -0.4 is 5.32 Å². The van der Waals surface area contributed by atoms with E-state index in [9.17, 15) is 0 Å². The van der Waals surface area contributed by atoms with Crippen LogP contribution in [0.3, 0.4) is 0 Å². The number of rotatable bonds is 3. The van der Waals surface area contributed by atoms with E-state index in [0.29, 0.717) is 11.5 Å². The van der Waals surface area contributed by atoms with Crippen molar-refractivity contribution < 1.29 is 0 Å². The minimum absolute atomic E-state index is 0.311. The van der Waals surface area contributed by atoms with Gasteiger partial charge in [-0.2, -0.15) is 0 Å². The van der Waals surface area contributed by atoms with Crippen molar-refractivity contribution in [3.63, 3.8) is 0 Å². The third kappa shape index (κ3) is 3.01. The predicted octanol–water partition coefficient (Wildman–Crippen LogP) is 4.14. The van der Waals surface area contributed by atoms with Crippen molar-refractivity contribution in [3.8, 4) is 10.7 Å². The van der Waals surface area contributed by atoms with Gasteiger partial charge in [-0.3, -0.25) is 4.98 Å². The van der Waals surface area contributed by atoms with E-state index in [2.05, 4.69) is 44.1 Å². The lowest BCUT2D eigenvalue weighted by Gasteiger charge is -2.34. The van der Waals surface area contributed by atoms with E-state index < -0.39 is 0 Å². The zero-order valence-electron chi connectivity index (χ0n) is 13.2. The number of nitrogens with one attached hydrogen (secondary N) is 1. The second-order valence-electron chi connectivity index (χ2n) is 6.70. The second-order valence-corrected chi connectivity index (χ2v) is 7.73. The van der Waals surface area contributed by atoms with Crippen LogP contribution in [0, 0.1) is 12.3 Å². The zero-order chi connectivity index (χ0) is 15.0. The predicted molar refractivity (Wildman–Crippen MR) is 88.6 cm³/mol. The Labute approximate surface area is 130 Å². The van der Waals surface area contributed by atoms with Crippen molar-refractivity contribution in [1.29, 1.82) is 0 Å². The van der Waals surface area contributed by atoms with Crippen LogP contribution in [0.1, 0.15) is 49.4 Å². The number of thiazole rings is 1. The van der Waals surface area contributed by atoms with Gasteiger partial charge in [0.25, 0.3) is 0 Å². The summed E-state index contributed by atoms with van der Waals surface area (Å²) in [6.45, 7) is 9.94. The molecular weight excluding hydrogens is 278 g/mol. The minimum Gasteiger partial charge on any atom is -0.309 e. The Morgan fingerprint density at radius 2 is 2.24 bits per heavy atom. The van der Waals surface area contributed by atoms with Crippen molar-refractivity contribution in [1.82, 2.24) is 15.3 Å². The number of pyridine rings is 1. The van der Waals surface area contributed by atoms with E-state index >= 15 is 0 Å². The number of aryl methyl sites for hydroxylation is 1. The van der Waals surface area contributed by atoms with Crippen LogP contribution in [0.5, 0.6) is 0 Å². The van der Waals surface area contributed by atoms with E-state index in [0.717, 1.165) is 23.7 Å². The van der Waals surface area contributed by atoms with Crippen molar-refractivity contribution in [2.45, 2.75) is 46.6 Å². The van der Waals surface area contributed by atoms with Crippen LogP contribution in [-0.2, 0) is 6.42 Å². The maximum absolute atomic E-state index is 4.91. The van der Waals surface area contributed by atoms with Gasteiger partial charge < -0.3 is 5.32 Å². The molecule has 2 aromatic heterocycles. The van der Waals surface area contributed by atoms with Crippen molar-refractivity contribution >= 4 is 11.3 Å². The molecule has 0 bridgehead atoms. The van der Waals surface area contributed by atoms with Gasteiger partial charge in [0.05, 0.1) is 11.4 Å². The molecule has 1 N–H and O–H groups in total. The largest absolute Gasteiger partial charge is 0.309 e. The zero-order valence-corrected chi connectivity index (χ0v) is 14.0. The first-order chi connectivity index (χ1) is 9.98. The second kappa shape index (κ2) is 5.50. The summed E-state index contributed by atoms with van der Waals surface area (Å²) in [4.78, 5) is 10.8. The molecule has 2 aromatic rings. The SMILES string of the molecule is CCNC1CC(C)(C)Cc2nc(-c3cc(C)ccn3)sc21. The molecule has 0 fully saturated rings. The average molecular weight is 301 g/mol. The maximum Gasteiger partial charge on any atom is 0.142 e. The molecule has 0 aliphatic heterocycles. The van der Waals surface area contributed by atoms with Gasteiger partial charge >= 0.3 is 0 Å². The Kier molecular flexibility index (Phi) is 3.84. The van der Waals surface area contributed by atoms with Gasteiger partial charge in [0, 0.05) is 17.1 Å². The Balaban J connectivity index is 2.01. The lowest BCUT2D eigenvalue weighted by molar-refractivity contribution is 0.260. The molecule has 0 amide bonds. The molecule has 4 heteroatoms. The van der Waals surface area contributed by atoms with Crippen LogP contribution in [0.25, 0.3) is 10.7 Å². The van der Waals surface area contributed by atoms with Crippen LogP contribution in [0.2, 0.25) is 0 Å². The molecule has 112 valence electrons. The fourth-order valence-corrected chi connectivity index (χ4v) is 4.23. The molecule has 1 aliphatic rings. The van der Waals surface area contributed by atoms with E-state index in [1.807, 2.05) is 23.6 Å². The number of aromatic nitrogens is 2. The van der Waals surface area contributed by atoms with Gasteiger partial charge in [0.1, 0.15) is 5.01 Å². The number of hydrogen-bond donors (Lipinski definition) is 1. The molecule has 0 saturated carbocycles. The fourth-order valence-electron chi connectivity index (χ4n) is 3.11. The fraction of sp³-hybridized carbons (Fsp3) is 0.529. The molecular formula is C17H23N3S. The third-order valence-corrected chi connectivity index (χ3v) is 5.27. The molecule has 0 saturated heterocycles. The first-order valence-electron chi connectivity index (χ1n) is 7.64. The maximum atomic E-state index is 4.91. The first kappa shape index (κ1) is 14.7. The van der Waals surface area contributed by atoms with Crippen molar-refractivity contribution in [2.24, 2.45) is 5.41 Å². The molecule has 1 atom stereocenters. The molecule has 0 aromatic carbocycles. The highest BCUT2D eigenvalue weighted by atomic mass is 32.1. The van der Waals surface area contributed by atoms with Gasteiger partial charge in [-0.15, -0.1) is 11.3 Å². The van der Waals surface area contributed by atoms with Crippen LogP contribution in [0.15, 0.2) is 18.3 Å². The summed E-state index contributed by atoms with van der Waals surface area (Å²) >= 11 is 1.81. The van der Waals surface area contributed by atoms with Crippen LogP contribution in [0.4, 0.5) is 0 Å². The van der Waals surface area contributed by atoms with Gasteiger partial charge in [-0.05, 0) is 49.4 Å². The molecule has 1 aliphatic carbocycles. The highest BCUT2D eigenvalue weighted by molar-refractivity contribution is 7.15. The lowest BCUT2D eigenvalue weighted by atomic mass is 9.76. The van der Waals surface area contributed by atoms with Gasteiger partial charge in [0.15, 0.2) is 0 Å². The topological polar surface area (TPSA) is 37.8 Å².